The molecule has 1 aromatic rings. The lowest BCUT2D eigenvalue weighted by Crippen LogP contribution is -2.41. The molecule has 1 heterocycles. The SMILES string of the molecule is CNC(C)C(=O)NCCc1cnn(C)c1. The lowest BCUT2D eigenvalue weighted by Gasteiger charge is -2.10. The molecule has 0 saturated carbocycles. The van der Waals surface area contributed by atoms with Crippen molar-refractivity contribution >= 4 is 5.91 Å². The summed E-state index contributed by atoms with van der Waals surface area (Å²) in [5, 5.41) is 9.80. The summed E-state index contributed by atoms with van der Waals surface area (Å²) >= 11 is 0. The van der Waals surface area contributed by atoms with Gasteiger partial charge in [-0.1, -0.05) is 0 Å². The van der Waals surface area contributed by atoms with Crippen LogP contribution >= 0.6 is 0 Å². The molecule has 15 heavy (non-hydrogen) atoms. The van der Waals surface area contributed by atoms with Gasteiger partial charge in [0.2, 0.25) is 5.91 Å². The minimum atomic E-state index is -0.140. The second-order valence-corrected chi connectivity index (χ2v) is 3.57. The highest BCUT2D eigenvalue weighted by Crippen LogP contribution is 1.96. The Labute approximate surface area is 89.9 Å². The van der Waals surface area contributed by atoms with Gasteiger partial charge in [0.05, 0.1) is 12.2 Å². The highest BCUT2D eigenvalue weighted by atomic mass is 16.2. The predicted molar refractivity (Wildman–Crippen MR) is 58.4 cm³/mol. The number of hydrogen-bond acceptors (Lipinski definition) is 3. The molecule has 0 spiro atoms. The number of carbonyl (C=O) groups is 1. The fourth-order valence-corrected chi connectivity index (χ4v) is 1.22. The molecule has 5 heteroatoms. The van der Waals surface area contributed by atoms with Gasteiger partial charge in [0.25, 0.3) is 0 Å². The number of aromatic nitrogens is 2. The standard InChI is InChI=1S/C10H18N4O/c1-8(11-2)10(15)12-5-4-9-6-13-14(3)7-9/h6-8,11H,4-5H2,1-3H3,(H,12,15). The van der Waals surface area contributed by atoms with Crippen molar-refractivity contribution in [3.8, 4) is 0 Å². The summed E-state index contributed by atoms with van der Waals surface area (Å²) in [6, 6.07) is -0.140. The van der Waals surface area contributed by atoms with E-state index in [-0.39, 0.29) is 11.9 Å². The van der Waals surface area contributed by atoms with Gasteiger partial charge in [-0.3, -0.25) is 9.48 Å². The van der Waals surface area contributed by atoms with E-state index in [0.717, 1.165) is 12.0 Å². The van der Waals surface area contributed by atoms with Crippen molar-refractivity contribution in [2.45, 2.75) is 19.4 Å². The first-order valence-electron chi connectivity index (χ1n) is 5.06. The van der Waals surface area contributed by atoms with E-state index in [9.17, 15) is 4.79 Å². The third-order valence-electron chi connectivity index (χ3n) is 2.30. The third kappa shape index (κ3) is 3.71. The van der Waals surface area contributed by atoms with Crippen molar-refractivity contribution < 1.29 is 4.79 Å². The minimum absolute atomic E-state index is 0.0291. The van der Waals surface area contributed by atoms with Crippen molar-refractivity contribution in [1.82, 2.24) is 20.4 Å². The van der Waals surface area contributed by atoms with Crippen LogP contribution in [-0.4, -0.2) is 35.3 Å². The molecule has 0 aromatic carbocycles. The maximum Gasteiger partial charge on any atom is 0.236 e. The summed E-state index contributed by atoms with van der Waals surface area (Å²) in [6.45, 7) is 2.48. The number of amides is 1. The molecule has 0 aliphatic heterocycles. The number of hydrogen-bond donors (Lipinski definition) is 2. The first kappa shape index (κ1) is 11.7. The normalized spacial score (nSPS) is 12.5. The Hall–Kier alpha value is -1.36. The molecule has 1 aromatic heterocycles. The Kier molecular flexibility index (Phi) is 4.30. The second-order valence-electron chi connectivity index (χ2n) is 3.57. The van der Waals surface area contributed by atoms with Crippen LogP contribution in [0.1, 0.15) is 12.5 Å². The first-order chi connectivity index (χ1) is 7.13. The predicted octanol–water partition coefficient (Wildman–Crippen LogP) is -0.313. The second kappa shape index (κ2) is 5.50. The van der Waals surface area contributed by atoms with E-state index >= 15 is 0 Å². The first-order valence-corrected chi connectivity index (χ1v) is 5.06. The van der Waals surface area contributed by atoms with E-state index in [1.165, 1.54) is 0 Å². The largest absolute Gasteiger partial charge is 0.354 e. The van der Waals surface area contributed by atoms with Crippen LogP contribution in [0.4, 0.5) is 0 Å². The zero-order valence-corrected chi connectivity index (χ0v) is 9.45. The summed E-state index contributed by atoms with van der Waals surface area (Å²) < 4.78 is 1.76. The molecule has 1 rings (SSSR count). The molecule has 0 fully saturated rings. The molecule has 0 saturated heterocycles. The Morgan fingerprint density at radius 1 is 1.67 bits per heavy atom. The quantitative estimate of drug-likeness (QED) is 0.700. The number of nitrogens with zero attached hydrogens (tertiary/aromatic N) is 2. The molecule has 0 radical (unpaired) electrons. The van der Waals surface area contributed by atoms with Crippen LogP contribution in [0.2, 0.25) is 0 Å². The molecule has 84 valence electrons. The van der Waals surface area contributed by atoms with Crippen molar-refractivity contribution in [2.75, 3.05) is 13.6 Å². The van der Waals surface area contributed by atoms with Crippen LogP contribution in [0.3, 0.4) is 0 Å². The van der Waals surface area contributed by atoms with E-state index < -0.39 is 0 Å². The number of aryl methyl sites for hydroxylation is 1. The molecular formula is C10H18N4O. The van der Waals surface area contributed by atoms with Crippen molar-refractivity contribution in [3.63, 3.8) is 0 Å². The maximum atomic E-state index is 11.4. The highest BCUT2D eigenvalue weighted by molar-refractivity contribution is 5.81. The van der Waals surface area contributed by atoms with Crippen molar-refractivity contribution in [3.05, 3.63) is 18.0 Å². The minimum Gasteiger partial charge on any atom is -0.354 e. The Morgan fingerprint density at radius 2 is 2.40 bits per heavy atom. The van der Waals surface area contributed by atoms with Crippen molar-refractivity contribution in [1.29, 1.82) is 0 Å². The molecule has 0 bridgehead atoms. The summed E-state index contributed by atoms with van der Waals surface area (Å²) in [5.41, 5.74) is 1.13. The zero-order valence-electron chi connectivity index (χ0n) is 9.45. The molecule has 1 atom stereocenters. The van der Waals surface area contributed by atoms with Crippen LogP contribution in [0.15, 0.2) is 12.4 Å². The zero-order chi connectivity index (χ0) is 11.3. The van der Waals surface area contributed by atoms with Gasteiger partial charge in [-0.15, -0.1) is 0 Å². The lowest BCUT2D eigenvalue weighted by atomic mass is 10.2. The molecule has 0 aliphatic carbocycles. The van der Waals surface area contributed by atoms with E-state index in [1.54, 1.807) is 11.7 Å². The van der Waals surface area contributed by atoms with Gasteiger partial charge < -0.3 is 10.6 Å². The van der Waals surface area contributed by atoms with Gasteiger partial charge in [-0.05, 0) is 26.0 Å². The summed E-state index contributed by atoms with van der Waals surface area (Å²) in [6.07, 6.45) is 4.58. The van der Waals surface area contributed by atoms with Gasteiger partial charge in [0.1, 0.15) is 0 Å². The van der Waals surface area contributed by atoms with E-state index in [4.69, 9.17) is 0 Å². The molecule has 2 N–H and O–H groups in total. The van der Waals surface area contributed by atoms with Crippen LogP contribution in [-0.2, 0) is 18.3 Å². The lowest BCUT2D eigenvalue weighted by molar-refractivity contribution is -0.122. The van der Waals surface area contributed by atoms with Crippen LogP contribution in [0.5, 0.6) is 0 Å². The smallest absolute Gasteiger partial charge is 0.236 e. The number of nitrogens with one attached hydrogen (secondary N) is 2. The number of rotatable bonds is 5. The molecular weight excluding hydrogens is 192 g/mol. The highest BCUT2D eigenvalue weighted by Gasteiger charge is 2.08. The van der Waals surface area contributed by atoms with Gasteiger partial charge >= 0.3 is 0 Å². The number of carbonyl (C=O) groups excluding carboxylic acids is 1. The summed E-state index contributed by atoms with van der Waals surface area (Å²) in [4.78, 5) is 11.4. The maximum absolute atomic E-state index is 11.4. The Balaban J connectivity index is 2.24. The molecule has 5 nitrogen and oxygen atoms in total. The molecule has 1 unspecified atom stereocenters. The fraction of sp³-hybridized carbons (Fsp3) is 0.600. The fourth-order valence-electron chi connectivity index (χ4n) is 1.22. The van der Waals surface area contributed by atoms with E-state index in [0.29, 0.717) is 6.54 Å². The molecule has 0 aliphatic rings. The van der Waals surface area contributed by atoms with Gasteiger partial charge in [-0.2, -0.15) is 5.10 Å². The van der Waals surface area contributed by atoms with E-state index in [2.05, 4.69) is 15.7 Å². The monoisotopic (exact) mass is 210 g/mol. The van der Waals surface area contributed by atoms with Gasteiger partial charge in [0, 0.05) is 19.8 Å². The topological polar surface area (TPSA) is 59.0 Å². The van der Waals surface area contributed by atoms with Crippen molar-refractivity contribution in [2.24, 2.45) is 7.05 Å². The third-order valence-corrected chi connectivity index (χ3v) is 2.30. The van der Waals surface area contributed by atoms with Crippen LogP contribution < -0.4 is 10.6 Å². The number of likely N-dealkylation sites (N-methyl/N-ethyl adjacent to an activating group) is 1. The van der Waals surface area contributed by atoms with E-state index in [1.807, 2.05) is 26.4 Å². The summed E-state index contributed by atoms with van der Waals surface area (Å²) in [7, 11) is 3.65. The van der Waals surface area contributed by atoms with Gasteiger partial charge in [0.15, 0.2) is 0 Å². The van der Waals surface area contributed by atoms with Crippen LogP contribution in [0.25, 0.3) is 0 Å². The van der Waals surface area contributed by atoms with Crippen LogP contribution in [0, 0.1) is 0 Å². The molecule has 1 amide bonds. The average molecular weight is 210 g/mol. The Bertz CT molecular complexity index is 321. The Morgan fingerprint density at radius 3 is 2.93 bits per heavy atom. The summed E-state index contributed by atoms with van der Waals surface area (Å²) in [5.74, 6) is 0.0291. The van der Waals surface area contributed by atoms with Gasteiger partial charge in [-0.25, -0.2) is 0 Å². The average Bonchev–Trinajstić information content (AvgIpc) is 2.63.